The summed E-state index contributed by atoms with van der Waals surface area (Å²) >= 11 is 0. The monoisotopic (exact) mass is 318 g/mol. The average Bonchev–Trinajstić information content (AvgIpc) is 3.03. The van der Waals surface area contributed by atoms with Gasteiger partial charge in [0.2, 0.25) is 0 Å². The molecule has 4 heteroatoms. The lowest BCUT2D eigenvalue weighted by Gasteiger charge is -2.01. The Bertz CT molecular complexity index is 916. The van der Waals surface area contributed by atoms with Crippen LogP contribution in [0.5, 0.6) is 5.75 Å². The molecular weight excluding hydrogens is 300 g/mol. The zero-order valence-electron chi connectivity index (χ0n) is 13.4. The highest BCUT2D eigenvalue weighted by Gasteiger charge is 2.03. The average molecular weight is 318 g/mol. The second-order valence-corrected chi connectivity index (χ2v) is 5.35. The molecule has 1 heterocycles. The van der Waals surface area contributed by atoms with Gasteiger partial charge in [0, 0.05) is 35.1 Å². The highest BCUT2D eigenvalue weighted by molar-refractivity contribution is 5.94. The number of ether oxygens (including phenoxy) is 1. The summed E-state index contributed by atoms with van der Waals surface area (Å²) in [5.74, 6) is 5.89. The maximum Gasteiger partial charge on any atom is 0.296 e. The molecule has 2 N–H and O–H groups in total. The molecule has 0 unspecified atom stereocenters. The van der Waals surface area contributed by atoms with E-state index in [2.05, 4.69) is 28.2 Å². The lowest BCUT2D eigenvalue weighted by atomic mass is 10.1. The van der Waals surface area contributed by atoms with E-state index in [0.717, 1.165) is 23.3 Å². The second-order valence-electron chi connectivity index (χ2n) is 5.35. The van der Waals surface area contributed by atoms with Gasteiger partial charge in [-0.3, -0.25) is 4.79 Å². The minimum Gasteiger partial charge on any atom is -0.497 e. The highest BCUT2D eigenvalue weighted by atomic mass is 16.5. The maximum absolute atomic E-state index is 11.8. The molecule has 0 saturated heterocycles. The third-order valence-corrected chi connectivity index (χ3v) is 3.74. The zero-order valence-corrected chi connectivity index (χ0v) is 13.4. The number of benzene rings is 2. The molecule has 0 aliphatic rings. The molecule has 0 saturated carbocycles. The van der Waals surface area contributed by atoms with Gasteiger partial charge in [0.15, 0.2) is 0 Å². The first kappa shape index (κ1) is 15.7. The summed E-state index contributed by atoms with van der Waals surface area (Å²) in [6, 6.07) is 15.4. The summed E-state index contributed by atoms with van der Waals surface area (Å²) in [6.45, 7) is 0.549. The number of para-hydroxylation sites is 1. The topological polar surface area (TPSA) is 54.1 Å². The van der Waals surface area contributed by atoms with Crippen LogP contribution >= 0.6 is 0 Å². The minimum absolute atomic E-state index is 0.280. The fourth-order valence-corrected chi connectivity index (χ4v) is 2.52. The number of nitrogens with one attached hydrogen (secondary N) is 2. The second kappa shape index (κ2) is 7.38. The van der Waals surface area contributed by atoms with Gasteiger partial charge in [-0.05, 0) is 36.2 Å². The third kappa shape index (κ3) is 3.76. The summed E-state index contributed by atoms with van der Waals surface area (Å²) in [6.07, 6.45) is 2.75. The summed E-state index contributed by atoms with van der Waals surface area (Å²) in [5, 5.41) is 4.02. The lowest BCUT2D eigenvalue weighted by Crippen LogP contribution is -2.23. The number of aromatic amines is 1. The number of rotatable bonds is 4. The molecule has 3 rings (SSSR count). The molecule has 0 atom stereocenters. The Morgan fingerprint density at radius 2 is 2.08 bits per heavy atom. The van der Waals surface area contributed by atoms with Gasteiger partial charge in [0.05, 0.1) is 7.11 Å². The van der Waals surface area contributed by atoms with E-state index in [1.165, 1.54) is 10.9 Å². The van der Waals surface area contributed by atoms with Gasteiger partial charge in [-0.2, -0.15) is 0 Å². The number of carbonyl (C=O) groups is 1. The molecule has 0 radical (unpaired) electrons. The maximum atomic E-state index is 11.8. The fourth-order valence-electron chi connectivity index (χ4n) is 2.52. The summed E-state index contributed by atoms with van der Waals surface area (Å²) in [5.41, 5.74) is 3.05. The van der Waals surface area contributed by atoms with E-state index in [-0.39, 0.29) is 5.91 Å². The van der Waals surface area contributed by atoms with Crippen molar-refractivity contribution in [3.63, 3.8) is 0 Å². The van der Waals surface area contributed by atoms with Crippen molar-refractivity contribution in [1.29, 1.82) is 0 Å². The van der Waals surface area contributed by atoms with Crippen LogP contribution in [0.4, 0.5) is 0 Å². The summed E-state index contributed by atoms with van der Waals surface area (Å²) < 4.78 is 5.13. The van der Waals surface area contributed by atoms with Crippen molar-refractivity contribution < 1.29 is 9.53 Å². The number of hydrogen-bond acceptors (Lipinski definition) is 2. The van der Waals surface area contributed by atoms with Gasteiger partial charge in [-0.1, -0.05) is 30.2 Å². The Hall–Kier alpha value is -3.19. The zero-order chi connectivity index (χ0) is 16.8. The van der Waals surface area contributed by atoms with Crippen molar-refractivity contribution in [2.24, 2.45) is 0 Å². The molecule has 1 amide bonds. The van der Waals surface area contributed by atoms with Crippen LogP contribution in [0.1, 0.15) is 11.1 Å². The number of aromatic nitrogens is 1. The van der Waals surface area contributed by atoms with E-state index in [0.29, 0.717) is 6.54 Å². The molecule has 3 aromatic rings. The third-order valence-electron chi connectivity index (χ3n) is 3.74. The predicted octanol–water partition coefficient (Wildman–Crippen LogP) is 2.89. The Labute approximate surface area is 140 Å². The lowest BCUT2D eigenvalue weighted by molar-refractivity contribution is -0.115. The smallest absolute Gasteiger partial charge is 0.296 e. The fraction of sp³-hybridized carbons (Fsp3) is 0.150. The molecule has 1 aromatic heterocycles. The van der Waals surface area contributed by atoms with Crippen LogP contribution < -0.4 is 10.1 Å². The number of hydrogen-bond donors (Lipinski definition) is 2. The van der Waals surface area contributed by atoms with Crippen molar-refractivity contribution in [3.8, 4) is 17.6 Å². The van der Waals surface area contributed by atoms with Crippen molar-refractivity contribution in [1.82, 2.24) is 10.3 Å². The first-order valence-corrected chi connectivity index (χ1v) is 7.75. The van der Waals surface area contributed by atoms with Gasteiger partial charge >= 0.3 is 0 Å². The standard InChI is InChI=1S/C20H18N2O2/c1-24-17-6-4-5-15(13-17)9-10-20(23)21-12-11-16-14-22-19-8-3-2-7-18(16)19/h2-8,13-14,22H,11-12H2,1H3,(H,21,23). The molecule has 4 nitrogen and oxygen atoms in total. The minimum atomic E-state index is -0.280. The molecule has 120 valence electrons. The van der Waals surface area contributed by atoms with E-state index in [4.69, 9.17) is 4.74 Å². The SMILES string of the molecule is COc1cccc(C#CC(=O)NCCc2c[nH]c3ccccc23)c1. The number of methoxy groups -OCH3 is 1. The normalized spacial score (nSPS) is 10.0. The Balaban J connectivity index is 1.55. The molecular formula is C20H18N2O2. The van der Waals surface area contributed by atoms with Crippen LogP contribution in [0, 0.1) is 11.8 Å². The van der Waals surface area contributed by atoms with Crippen LogP contribution in [0.3, 0.4) is 0 Å². The first-order valence-electron chi connectivity index (χ1n) is 7.75. The van der Waals surface area contributed by atoms with Crippen LogP contribution in [-0.4, -0.2) is 24.5 Å². The van der Waals surface area contributed by atoms with Gasteiger partial charge in [-0.25, -0.2) is 0 Å². The largest absolute Gasteiger partial charge is 0.497 e. The number of H-pyrrole nitrogens is 1. The molecule has 2 aromatic carbocycles. The predicted molar refractivity (Wildman–Crippen MR) is 94.9 cm³/mol. The van der Waals surface area contributed by atoms with Gasteiger partial charge in [0.25, 0.3) is 5.91 Å². The van der Waals surface area contributed by atoms with E-state index < -0.39 is 0 Å². The Morgan fingerprint density at radius 3 is 2.96 bits per heavy atom. The Kier molecular flexibility index (Phi) is 4.83. The van der Waals surface area contributed by atoms with E-state index in [1.54, 1.807) is 13.2 Å². The van der Waals surface area contributed by atoms with Crippen LogP contribution in [-0.2, 0) is 11.2 Å². The van der Waals surface area contributed by atoms with Crippen molar-refractivity contribution in [2.45, 2.75) is 6.42 Å². The van der Waals surface area contributed by atoms with Crippen molar-refractivity contribution in [3.05, 3.63) is 65.9 Å². The van der Waals surface area contributed by atoms with Gasteiger partial charge in [-0.15, -0.1) is 0 Å². The van der Waals surface area contributed by atoms with E-state index in [9.17, 15) is 4.79 Å². The van der Waals surface area contributed by atoms with E-state index >= 15 is 0 Å². The summed E-state index contributed by atoms with van der Waals surface area (Å²) in [4.78, 5) is 15.1. The van der Waals surface area contributed by atoms with Gasteiger partial charge < -0.3 is 15.0 Å². The first-order chi connectivity index (χ1) is 11.8. The number of carbonyl (C=O) groups excluding carboxylic acids is 1. The van der Waals surface area contributed by atoms with Crippen molar-refractivity contribution in [2.75, 3.05) is 13.7 Å². The quantitative estimate of drug-likeness (QED) is 0.727. The van der Waals surface area contributed by atoms with Crippen LogP contribution in [0.2, 0.25) is 0 Å². The Morgan fingerprint density at radius 1 is 1.21 bits per heavy atom. The molecule has 0 fully saturated rings. The van der Waals surface area contributed by atoms with Crippen LogP contribution in [0.25, 0.3) is 10.9 Å². The number of amides is 1. The van der Waals surface area contributed by atoms with Crippen LogP contribution in [0.15, 0.2) is 54.7 Å². The van der Waals surface area contributed by atoms with Crippen molar-refractivity contribution >= 4 is 16.8 Å². The molecule has 0 bridgehead atoms. The molecule has 0 spiro atoms. The van der Waals surface area contributed by atoms with Gasteiger partial charge in [0.1, 0.15) is 5.75 Å². The molecule has 0 aliphatic heterocycles. The molecule has 24 heavy (non-hydrogen) atoms. The van der Waals surface area contributed by atoms with E-state index in [1.807, 2.05) is 42.6 Å². The molecule has 0 aliphatic carbocycles. The highest BCUT2D eigenvalue weighted by Crippen LogP contribution is 2.17. The number of fused-ring (bicyclic) bond motifs is 1. The summed E-state index contributed by atoms with van der Waals surface area (Å²) in [7, 11) is 1.60.